The monoisotopic (exact) mass is 280 g/mol. The van der Waals surface area contributed by atoms with Gasteiger partial charge in [-0.05, 0) is 32.6 Å². The van der Waals surface area contributed by atoms with Crippen LogP contribution in [0.4, 0.5) is 10.5 Å². The number of benzene rings is 1. The summed E-state index contributed by atoms with van der Waals surface area (Å²) in [7, 11) is 3.86. The molecule has 0 saturated carbocycles. The molecule has 112 valence electrons. The van der Waals surface area contributed by atoms with Crippen molar-refractivity contribution in [1.29, 1.82) is 0 Å². The number of amides is 1. The molecule has 0 aliphatic carbocycles. The van der Waals surface area contributed by atoms with E-state index in [1.165, 1.54) is 0 Å². The second-order valence-electron chi connectivity index (χ2n) is 4.79. The molecule has 0 spiro atoms. The van der Waals surface area contributed by atoms with Gasteiger partial charge in [-0.15, -0.1) is 0 Å². The molecule has 20 heavy (non-hydrogen) atoms. The van der Waals surface area contributed by atoms with Crippen molar-refractivity contribution in [2.24, 2.45) is 0 Å². The number of hydrogen-bond acceptors (Lipinski definition) is 4. The van der Waals surface area contributed by atoms with E-state index in [0.717, 1.165) is 18.6 Å². The minimum atomic E-state index is -0.447. The van der Waals surface area contributed by atoms with Crippen molar-refractivity contribution in [3.63, 3.8) is 0 Å². The number of nitrogens with one attached hydrogen (secondary N) is 1. The Morgan fingerprint density at radius 2 is 2.10 bits per heavy atom. The summed E-state index contributed by atoms with van der Waals surface area (Å²) in [5.74, 6) is 0.754. The number of ether oxygens (including phenoxy) is 2. The number of carbonyl (C=O) groups is 1. The van der Waals surface area contributed by atoms with Crippen LogP contribution in [0.2, 0.25) is 0 Å². The molecule has 0 aromatic heterocycles. The number of unbranched alkanes of at least 4 members (excludes halogenated alkanes) is 1. The highest BCUT2D eigenvalue weighted by Crippen LogP contribution is 2.17. The van der Waals surface area contributed by atoms with Crippen LogP contribution in [0, 0.1) is 0 Å². The topological polar surface area (TPSA) is 50.8 Å². The van der Waals surface area contributed by atoms with Crippen molar-refractivity contribution in [3.05, 3.63) is 24.3 Å². The van der Waals surface area contributed by atoms with E-state index < -0.39 is 6.09 Å². The van der Waals surface area contributed by atoms with Gasteiger partial charge in [-0.1, -0.05) is 19.4 Å². The first-order valence-corrected chi connectivity index (χ1v) is 6.93. The van der Waals surface area contributed by atoms with Crippen LogP contribution in [0.5, 0.6) is 5.75 Å². The van der Waals surface area contributed by atoms with Gasteiger partial charge in [0.15, 0.2) is 0 Å². The van der Waals surface area contributed by atoms with Gasteiger partial charge in [0.05, 0.1) is 6.61 Å². The molecular weight excluding hydrogens is 256 g/mol. The number of nitrogens with zero attached hydrogens (tertiary/aromatic N) is 1. The quantitative estimate of drug-likeness (QED) is 0.744. The van der Waals surface area contributed by atoms with Gasteiger partial charge in [-0.3, -0.25) is 5.32 Å². The van der Waals surface area contributed by atoms with Crippen LogP contribution in [0.3, 0.4) is 0 Å². The van der Waals surface area contributed by atoms with Gasteiger partial charge in [0, 0.05) is 18.3 Å². The Labute approximate surface area is 120 Å². The predicted octanol–water partition coefficient (Wildman–Crippen LogP) is 2.98. The molecule has 0 heterocycles. The fraction of sp³-hybridized carbons (Fsp3) is 0.533. The first-order valence-electron chi connectivity index (χ1n) is 6.93. The van der Waals surface area contributed by atoms with Crippen molar-refractivity contribution in [2.75, 3.05) is 39.2 Å². The van der Waals surface area contributed by atoms with Crippen molar-refractivity contribution in [2.45, 2.75) is 19.8 Å². The lowest BCUT2D eigenvalue weighted by molar-refractivity contribution is 0.151. The first kappa shape index (κ1) is 16.3. The van der Waals surface area contributed by atoms with Gasteiger partial charge >= 0.3 is 6.09 Å². The SMILES string of the molecule is CCCCOc1cccc(NC(=O)OCCN(C)C)c1. The van der Waals surface area contributed by atoms with E-state index in [1.54, 1.807) is 12.1 Å². The van der Waals surface area contributed by atoms with Crippen LogP contribution >= 0.6 is 0 Å². The lowest BCUT2D eigenvalue weighted by Gasteiger charge is -2.11. The second kappa shape index (κ2) is 9.20. The Bertz CT molecular complexity index is 408. The largest absolute Gasteiger partial charge is 0.494 e. The summed E-state index contributed by atoms with van der Waals surface area (Å²) in [6.45, 7) is 3.87. The van der Waals surface area contributed by atoms with E-state index in [1.807, 2.05) is 31.1 Å². The van der Waals surface area contributed by atoms with Crippen molar-refractivity contribution >= 4 is 11.8 Å². The number of hydrogen-bond donors (Lipinski definition) is 1. The van der Waals surface area contributed by atoms with Crippen LogP contribution in [0.1, 0.15) is 19.8 Å². The maximum atomic E-state index is 11.6. The molecule has 0 unspecified atom stereocenters. The average molecular weight is 280 g/mol. The van der Waals surface area contributed by atoms with Crippen LogP contribution in [-0.2, 0) is 4.74 Å². The Morgan fingerprint density at radius 1 is 1.30 bits per heavy atom. The van der Waals surface area contributed by atoms with Gasteiger partial charge < -0.3 is 14.4 Å². The number of carbonyl (C=O) groups excluding carboxylic acids is 1. The van der Waals surface area contributed by atoms with Gasteiger partial charge in [0.25, 0.3) is 0 Å². The standard InChI is InChI=1S/C15H24N2O3/c1-4-5-10-19-14-8-6-7-13(12-14)16-15(18)20-11-9-17(2)3/h6-8,12H,4-5,9-11H2,1-3H3,(H,16,18). The highest BCUT2D eigenvalue weighted by Gasteiger charge is 2.04. The summed E-state index contributed by atoms with van der Waals surface area (Å²) >= 11 is 0. The van der Waals surface area contributed by atoms with Crippen molar-refractivity contribution in [1.82, 2.24) is 4.90 Å². The number of rotatable bonds is 8. The molecule has 1 N–H and O–H groups in total. The molecule has 1 aromatic rings. The molecule has 0 aliphatic heterocycles. The van der Waals surface area contributed by atoms with Crippen LogP contribution < -0.4 is 10.1 Å². The summed E-state index contributed by atoms with van der Waals surface area (Å²) < 4.78 is 10.6. The Kier molecular flexibility index (Phi) is 7.50. The second-order valence-corrected chi connectivity index (χ2v) is 4.79. The van der Waals surface area contributed by atoms with E-state index in [0.29, 0.717) is 25.4 Å². The zero-order valence-electron chi connectivity index (χ0n) is 12.5. The Hall–Kier alpha value is -1.75. The highest BCUT2D eigenvalue weighted by atomic mass is 16.5. The molecule has 0 saturated heterocycles. The first-order chi connectivity index (χ1) is 9.61. The van der Waals surface area contributed by atoms with E-state index >= 15 is 0 Å². The summed E-state index contributed by atoms with van der Waals surface area (Å²) in [6.07, 6.45) is 1.66. The molecule has 1 aromatic carbocycles. The van der Waals surface area contributed by atoms with Crippen LogP contribution in [0.15, 0.2) is 24.3 Å². The van der Waals surface area contributed by atoms with Gasteiger partial charge in [0.2, 0.25) is 0 Å². The van der Waals surface area contributed by atoms with Crippen molar-refractivity contribution < 1.29 is 14.3 Å². The third-order valence-corrected chi connectivity index (χ3v) is 2.62. The Morgan fingerprint density at radius 3 is 2.80 bits per heavy atom. The minimum absolute atomic E-state index is 0.367. The molecule has 5 heteroatoms. The third kappa shape index (κ3) is 6.99. The summed E-state index contributed by atoms with van der Waals surface area (Å²) in [6, 6.07) is 7.32. The molecule has 1 rings (SSSR count). The number of likely N-dealkylation sites (N-methyl/N-ethyl adjacent to an activating group) is 1. The van der Waals surface area contributed by atoms with Gasteiger partial charge in [-0.25, -0.2) is 4.79 Å². The van der Waals surface area contributed by atoms with Gasteiger partial charge in [-0.2, -0.15) is 0 Å². The lowest BCUT2D eigenvalue weighted by Crippen LogP contribution is -2.22. The van der Waals surface area contributed by atoms with E-state index in [-0.39, 0.29) is 0 Å². The van der Waals surface area contributed by atoms with E-state index in [9.17, 15) is 4.79 Å². The smallest absolute Gasteiger partial charge is 0.411 e. The molecule has 0 atom stereocenters. The minimum Gasteiger partial charge on any atom is -0.494 e. The average Bonchev–Trinajstić information content (AvgIpc) is 2.39. The maximum Gasteiger partial charge on any atom is 0.411 e. The molecule has 0 aliphatic rings. The lowest BCUT2D eigenvalue weighted by atomic mass is 10.3. The number of anilines is 1. The predicted molar refractivity (Wildman–Crippen MR) is 80.4 cm³/mol. The van der Waals surface area contributed by atoms with Crippen molar-refractivity contribution in [3.8, 4) is 5.75 Å². The fourth-order valence-electron chi connectivity index (χ4n) is 1.47. The summed E-state index contributed by atoms with van der Waals surface area (Å²) in [5.41, 5.74) is 0.675. The van der Waals surface area contributed by atoms with Gasteiger partial charge in [0.1, 0.15) is 12.4 Å². The molecule has 1 amide bonds. The van der Waals surface area contributed by atoms with Crippen LogP contribution in [0.25, 0.3) is 0 Å². The zero-order chi connectivity index (χ0) is 14.8. The fourth-order valence-corrected chi connectivity index (χ4v) is 1.47. The normalized spacial score (nSPS) is 10.4. The third-order valence-electron chi connectivity index (χ3n) is 2.62. The van der Waals surface area contributed by atoms with E-state index in [2.05, 4.69) is 12.2 Å². The zero-order valence-corrected chi connectivity index (χ0v) is 12.5. The maximum absolute atomic E-state index is 11.6. The molecule has 0 fully saturated rings. The molecule has 0 bridgehead atoms. The summed E-state index contributed by atoms with van der Waals surface area (Å²) in [4.78, 5) is 13.5. The Balaban J connectivity index is 2.38. The molecular formula is C15H24N2O3. The molecule has 5 nitrogen and oxygen atoms in total. The van der Waals surface area contributed by atoms with Crippen LogP contribution in [-0.4, -0.2) is 44.8 Å². The van der Waals surface area contributed by atoms with E-state index in [4.69, 9.17) is 9.47 Å². The molecule has 0 radical (unpaired) electrons. The highest BCUT2D eigenvalue weighted by molar-refractivity contribution is 5.84. The summed E-state index contributed by atoms with van der Waals surface area (Å²) in [5, 5.41) is 2.69.